The van der Waals surface area contributed by atoms with Crippen molar-refractivity contribution in [1.29, 1.82) is 5.26 Å². The molecule has 1 aromatic rings. The van der Waals surface area contributed by atoms with Crippen molar-refractivity contribution in [3.05, 3.63) is 46.4 Å². The van der Waals surface area contributed by atoms with E-state index in [1.54, 1.807) is 19.1 Å². The van der Waals surface area contributed by atoms with Crippen LogP contribution in [0.3, 0.4) is 0 Å². The SMILES string of the molecule is CCOC(=O)[C@@H]1CC[C@@H](Nc2ccc3c(c2C#N)COCCCC2=C3N(O)NC(OC(F)(F)F)=C2)CN1. The molecular weight excluding hydrogens is 495 g/mol. The summed E-state index contributed by atoms with van der Waals surface area (Å²) in [5, 5.41) is 27.7. The van der Waals surface area contributed by atoms with Crippen molar-refractivity contribution in [2.24, 2.45) is 0 Å². The van der Waals surface area contributed by atoms with Crippen molar-refractivity contribution in [2.75, 3.05) is 25.1 Å². The maximum Gasteiger partial charge on any atom is 0.574 e. The number of ether oxygens (including phenoxy) is 3. The summed E-state index contributed by atoms with van der Waals surface area (Å²) in [7, 11) is 0. The Hall–Kier alpha value is -3.47. The van der Waals surface area contributed by atoms with Crippen molar-refractivity contribution < 1.29 is 37.4 Å². The van der Waals surface area contributed by atoms with Gasteiger partial charge in [0.2, 0.25) is 5.88 Å². The third kappa shape index (κ3) is 6.27. The number of fused-ring (bicyclic) bond motifs is 2. The van der Waals surface area contributed by atoms with Crippen molar-refractivity contribution in [2.45, 2.75) is 57.7 Å². The van der Waals surface area contributed by atoms with E-state index >= 15 is 0 Å². The summed E-state index contributed by atoms with van der Waals surface area (Å²) < 4.78 is 53.1. The number of hydroxylamine groups is 1. The number of halogens is 3. The minimum absolute atomic E-state index is 0.0569. The second kappa shape index (κ2) is 11.3. The van der Waals surface area contributed by atoms with E-state index in [-0.39, 0.29) is 30.4 Å². The molecule has 3 aliphatic heterocycles. The van der Waals surface area contributed by atoms with Gasteiger partial charge < -0.3 is 24.8 Å². The maximum absolute atomic E-state index is 12.8. The molecule has 10 nitrogen and oxygen atoms in total. The van der Waals surface area contributed by atoms with Crippen molar-refractivity contribution >= 4 is 17.4 Å². The molecule has 4 rings (SSSR count). The third-order valence-corrected chi connectivity index (χ3v) is 6.27. The molecule has 13 heteroatoms. The van der Waals surface area contributed by atoms with Crippen LogP contribution in [0.2, 0.25) is 0 Å². The predicted molar refractivity (Wildman–Crippen MR) is 124 cm³/mol. The summed E-state index contributed by atoms with van der Waals surface area (Å²) in [6.07, 6.45) is -1.70. The number of hydrazine groups is 1. The van der Waals surface area contributed by atoms with Crippen LogP contribution in [-0.4, -0.2) is 54.6 Å². The second-order valence-electron chi connectivity index (χ2n) is 8.77. The molecule has 0 unspecified atom stereocenters. The van der Waals surface area contributed by atoms with E-state index in [0.717, 1.165) is 0 Å². The molecule has 0 radical (unpaired) electrons. The van der Waals surface area contributed by atoms with Crippen molar-refractivity contribution in [3.63, 3.8) is 0 Å². The summed E-state index contributed by atoms with van der Waals surface area (Å²) in [4.78, 5) is 12.0. The van der Waals surface area contributed by atoms with E-state index in [1.165, 1.54) is 6.08 Å². The van der Waals surface area contributed by atoms with Crippen LogP contribution in [0.1, 0.15) is 49.3 Å². The van der Waals surface area contributed by atoms with Gasteiger partial charge in [-0.05, 0) is 44.2 Å². The Morgan fingerprint density at radius 2 is 2.19 bits per heavy atom. The van der Waals surface area contributed by atoms with Crippen molar-refractivity contribution in [3.8, 4) is 6.07 Å². The third-order valence-electron chi connectivity index (χ3n) is 6.27. The standard InChI is InChI=1S/C24H28F3N5O5/c1-2-36-23(33)20-7-5-15(12-29-20)30-19-8-6-16-18(17(19)11-28)13-35-9-3-4-14-10-21(37-24(25,26)27)31-32(34)22(14)16/h6,8,10,15,20,29-31,34H,2-5,7,9,12-13H2,1H3/t15-,20+/m1/s1. The fourth-order valence-electron chi connectivity index (χ4n) is 4.66. The molecule has 0 amide bonds. The van der Waals surface area contributed by atoms with Gasteiger partial charge in [0.1, 0.15) is 12.1 Å². The van der Waals surface area contributed by atoms with E-state index in [0.29, 0.717) is 78.6 Å². The smallest absolute Gasteiger partial charge is 0.465 e. The van der Waals surface area contributed by atoms with Gasteiger partial charge in [0.15, 0.2) is 0 Å². The molecular formula is C24H28F3N5O5. The number of benzene rings is 1. The number of hydrogen-bond acceptors (Lipinski definition) is 10. The van der Waals surface area contributed by atoms with Crippen LogP contribution in [0.15, 0.2) is 29.7 Å². The number of nitriles is 1. The second-order valence-corrected chi connectivity index (χ2v) is 8.77. The van der Waals surface area contributed by atoms with E-state index in [4.69, 9.17) is 9.47 Å². The first-order valence-corrected chi connectivity index (χ1v) is 12.0. The zero-order valence-corrected chi connectivity index (χ0v) is 20.2. The molecule has 0 spiro atoms. The Bertz CT molecular complexity index is 1120. The topological polar surface area (TPSA) is 128 Å². The Morgan fingerprint density at radius 1 is 1.38 bits per heavy atom. The maximum atomic E-state index is 12.8. The molecule has 37 heavy (non-hydrogen) atoms. The fraction of sp³-hybridized carbons (Fsp3) is 0.500. The highest BCUT2D eigenvalue weighted by Gasteiger charge is 2.35. The number of carbonyl (C=O) groups excluding carboxylic acids is 1. The normalized spacial score (nSPS) is 22.2. The molecule has 0 aliphatic carbocycles. The number of piperidine rings is 1. The quantitative estimate of drug-likeness (QED) is 0.427. The van der Waals surface area contributed by atoms with Gasteiger partial charge in [-0.15, -0.1) is 13.2 Å². The number of esters is 1. The highest BCUT2D eigenvalue weighted by Crippen LogP contribution is 2.37. The summed E-state index contributed by atoms with van der Waals surface area (Å²) in [6.45, 7) is 2.93. The number of hydrogen-bond donors (Lipinski definition) is 4. The number of rotatable bonds is 5. The number of allylic oxidation sites excluding steroid dienone is 2. The lowest BCUT2D eigenvalue weighted by Gasteiger charge is -2.32. The summed E-state index contributed by atoms with van der Waals surface area (Å²) in [5.41, 5.74) is 4.59. The lowest BCUT2D eigenvalue weighted by molar-refractivity contribution is -0.312. The van der Waals surface area contributed by atoms with Gasteiger partial charge in [0.25, 0.3) is 0 Å². The van der Waals surface area contributed by atoms with E-state index in [9.17, 15) is 28.4 Å². The number of anilines is 1. The molecule has 0 bridgehead atoms. The van der Waals surface area contributed by atoms with Gasteiger partial charge in [-0.25, -0.2) is 5.43 Å². The first-order valence-electron chi connectivity index (χ1n) is 12.0. The van der Waals surface area contributed by atoms with Gasteiger partial charge in [-0.1, -0.05) is 6.07 Å². The first kappa shape index (κ1) is 26.6. The molecule has 4 N–H and O–H groups in total. The Kier molecular flexibility index (Phi) is 8.11. The number of nitrogens with one attached hydrogen (secondary N) is 3. The van der Waals surface area contributed by atoms with Crippen LogP contribution >= 0.6 is 0 Å². The minimum atomic E-state index is -4.93. The molecule has 200 valence electrons. The highest BCUT2D eigenvalue weighted by atomic mass is 19.4. The summed E-state index contributed by atoms with van der Waals surface area (Å²) in [6, 6.07) is 5.16. The van der Waals surface area contributed by atoms with Gasteiger partial charge in [-0.2, -0.15) is 10.4 Å². The van der Waals surface area contributed by atoms with Crippen LogP contribution in [0.4, 0.5) is 18.9 Å². The lowest BCUT2D eigenvalue weighted by Crippen LogP contribution is -2.49. The number of alkyl halides is 3. The minimum Gasteiger partial charge on any atom is -0.465 e. The van der Waals surface area contributed by atoms with Gasteiger partial charge >= 0.3 is 12.3 Å². The van der Waals surface area contributed by atoms with Gasteiger partial charge in [0, 0.05) is 36.4 Å². The lowest BCUT2D eigenvalue weighted by atomic mass is 9.93. The van der Waals surface area contributed by atoms with Crippen LogP contribution in [-0.2, 0) is 25.6 Å². The number of carbonyl (C=O) groups is 1. The van der Waals surface area contributed by atoms with Gasteiger partial charge in [0.05, 0.1) is 30.2 Å². The fourth-order valence-corrected chi connectivity index (χ4v) is 4.66. The molecule has 3 aliphatic rings. The monoisotopic (exact) mass is 523 g/mol. The van der Waals surface area contributed by atoms with E-state index in [2.05, 4.69) is 26.9 Å². The summed E-state index contributed by atoms with van der Waals surface area (Å²) in [5.74, 6) is -0.954. The van der Waals surface area contributed by atoms with E-state index in [1.807, 2.05) is 0 Å². The molecule has 3 heterocycles. The summed E-state index contributed by atoms with van der Waals surface area (Å²) >= 11 is 0. The molecule has 1 saturated heterocycles. The van der Waals surface area contributed by atoms with Crippen LogP contribution in [0.5, 0.6) is 0 Å². The predicted octanol–water partition coefficient (Wildman–Crippen LogP) is 3.26. The average Bonchev–Trinajstić information content (AvgIpc) is 2.92. The Morgan fingerprint density at radius 3 is 2.86 bits per heavy atom. The van der Waals surface area contributed by atoms with Crippen LogP contribution in [0, 0.1) is 11.3 Å². The molecule has 1 fully saturated rings. The Balaban J connectivity index is 1.63. The zero-order chi connectivity index (χ0) is 26.6. The molecule has 1 aromatic carbocycles. The molecule has 0 saturated carbocycles. The molecule has 2 atom stereocenters. The number of nitrogens with zero attached hydrogens (tertiary/aromatic N) is 2. The van der Waals surface area contributed by atoms with Gasteiger partial charge in [-0.3, -0.25) is 10.0 Å². The first-order chi connectivity index (χ1) is 17.7. The largest absolute Gasteiger partial charge is 0.574 e. The zero-order valence-electron chi connectivity index (χ0n) is 20.2. The van der Waals surface area contributed by atoms with Crippen molar-refractivity contribution in [1.82, 2.24) is 15.9 Å². The highest BCUT2D eigenvalue weighted by molar-refractivity contribution is 5.78. The van der Waals surface area contributed by atoms with E-state index < -0.39 is 12.2 Å². The molecule has 0 aromatic heterocycles. The van der Waals surface area contributed by atoms with Crippen LogP contribution < -0.4 is 16.1 Å². The van der Waals surface area contributed by atoms with Crippen LogP contribution in [0.25, 0.3) is 5.70 Å². The Labute approximate surface area is 211 Å². The average molecular weight is 524 g/mol.